The molecule has 6 nitrogen and oxygen atoms in total. The van der Waals surface area contributed by atoms with Crippen molar-refractivity contribution >= 4 is 17.5 Å². The van der Waals surface area contributed by atoms with E-state index < -0.39 is 6.10 Å². The summed E-state index contributed by atoms with van der Waals surface area (Å²) >= 11 is 0. The fraction of sp³-hybridized carbons (Fsp3) is 0.333. The maximum Gasteiger partial charge on any atom is 0.263 e. The van der Waals surface area contributed by atoms with Crippen molar-refractivity contribution in [2.75, 3.05) is 12.4 Å². The Labute approximate surface area is 158 Å². The molecule has 0 saturated heterocycles. The number of hydrogen-bond acceptors (Lipinski definition) is 4. The molecule has 4 rings (SSSR count). The summed E-state index contributed by atoms with van der Waals surface area (Å²) < 4.78 is 11.1. The quantitative estimate of drug-likeness (QED) is 0.902. The molecule has 2 aromatic carbocycles. The van der Waals surface area contributed by atoms with E-state index in [0.717, 1.165) is 18.4 Å². The lowest BCUT2D eigenvalue weighted by molar-refractivity contribution is -0.138. The minimum atomic E-state index is -0.499. The Bertz CT molecular complexity index is 892. The monoisotopic (exact) mass is 366 g/mol. The minimum Gasteiger partial charge on any atom is -0.496 e. The van der Waals surface area contributed by atoms with Crippen molar-refractivity contribution in [2.24, 2.45) is 0 Å². The lowest BCUT2D eigenvalue weighted by atomic mass is 10.1. The van der Waals surface area contributed by atoms with E-state index >= 15 is 0 Å². The molecule has 0 aromatic heterocycles. The third-order valence-corrected chi connectivity index (χ3v) is 4.93. The van der Waals surface area contributed by atoms with Crippen LogP contribution in [-0.4, -0.2) is 36.0 Å². The highest BCUT2D eigenvalue weighted by molar-refractivity contribution is 6.06. The van der Waals surface area contributed by atoms with E-state index in [1.165, 1.54) is 7.11 Å². The number of methoxy groups -OCH3 is 1. The molecule has 27 heavy (non-hydrogen) atoms. The Morgan fingerprint density at radius 2 is 2.00 bits per heavy atom. The first-order valence-electron chi connectivity index (χ1n) is 9.11. The van der Waals surface area contributed by atoms with Crippen molar-refractivity contribution in [1.29, 1.82) is 0 Å². The van der Waals surface area contributed by atoms with Gasteiger partial charge in [0.25, 0.3) is 11.8 Å². The molecule has 1 saturated carbocycles. The Kier molecular flexibility index (Phi) is 4.48. The Morgan fingerprint density at radius 1 is 1.22 bits per heavy atom. The summed E-state index contributed by atoms with van der Waals surface area (Å²) in [6, 6.07) is 12.9. The molecule has 1 aliphatic heterocycles. The number of fused-ring (bicyclic) bond motifs is 1. The standard InChI is InChI=1S/C21H22N2O4/c1-13-21(25)23(16-8-9-16)12-14-11-15(7-10-18(14)27-13)22-20(24)17-5-3-4-6-19(17)26-2/h3-7,10-11,13,16H,8-9,12H2,1-2H3,(H,22,24). The number of rotatable bonds is 4. The lowest BCUT2D eigenvalue weighted by Crippen LogP contribution is -2.39. The van der Waals surface area contributed by atoms with Crippen LogP contribution in [-0.2, 0) is 11.3 Å². The number of hydrogen-bond donors (Lipinski definition) is 1. The average molecular weight is 366 g/mol. The van der Waals surface area contributed by atoms with Crippen molar-refractivity contribution in [2.45, 2.75) is 38.5 Å². The van der Waals surface area contributed by atoms with E-state index in [2.05, 4.69) is 5.32 Å². The number of ether oxygens (including phenoxy) is 2. The van der Waals surface area contributed by atoms with Gasteiger partial charge in [-0.25, -0.2) is 0 Å². The van der Waals surface area contributed by atoms with Gasteiger partial charge in [-0.05, 0) is 50.1 Å². The Balaban J connectivity index is 1.58. The van der Waals surface area contributed by atoms with Crippen LogP contribution >= 0.6 is 0 Å². The number of para-hydroxylation sites is 1. The van der Waals surface area contributed by atoms with E-state index in [1.54, 1.807) is 31.2 Å². The fourth-order valence-electron chi connectivity index (χ4n) is 3.36. The molecule has 140 valence electrons. The predicted molar refractivity (Wildman–Crippen MR) is 101 cm³/mol. The summed E-state index contributed by atoms with van der Waals surface area (Å²) in [6.45, 7) is 2.28. The van der Waals surface area contributed by atoms with Gasteiger partial charge >= 0.3 is 0 Å². The van der Waals surface area contributed by atoms with Crippen LogP contribution in [0.2, 0.25) is 0 Å². The Morgan fingerprint density at radius 3 is 2.74 bits per heavy atom. The number of nitrogens with zero attached hydrogens (tertiary/aromatic N) is 1. The van der Waals surface area contributed by atoms with Gasteiger partial charge in [0, 0.05) is 23.8 Å². The normalized spacial score (nSPS) is 19.0. The largest absolute Gasteiger partial charge is 0.496 e. The molecule has 1 unspecified atom stereocenters. The molecule has 1 heterocycles. The second kappa shape index (κ2) is 6.95. The van der Waals surface area contributed by atoms with Crippen LogP contribution in [0.3, 0.4) is 0 Å². The fourth-order valence-corrected chi connectivity index (χ4v) is 3.36. The van der Waals surface area contributed by atoms with E-state index in [9.17, 15) is 9.59 Å². The van der Waals surface area contributed by atoms with Crippen LogP contribution in [0.25, 0.3) is 0 Å². The van der Waals surface area contributed by atoms with Gasteiger partial charge in [-0.15, -0.1) is 0 Å². The lowest BCUT2D eigenvalue weighted by Gasteiger charge is -2.21. The molecule has 2 aliphatic rings. The third kappa shape index (κ3) is 3.47. The highest BCUT2D eigenvalue weighted by Gasteiger charge is 2.37. The number of anilines is 1. The SMILES string of the molecule is COc1ccccc1C(=O)Nc1ccc2c(c1)CN(C1CC1)C(=O)C(C)O2. The summed E-state index contributed by atoms with van der Waals surface area (Å²) in [5, 5.41) is 2.91. The molecule has 0 radical (unpaired) electrons. The van der Waals surface area contributed by atoms with E-state index in [0.29, 0.717) is 35.3 Å². The molecule has 0 spiro atoms. The second-order valence-corrected chi connectivity index (χ2v) is 6.93. The first-order chi connectivity index (χ1) is 13.1. The van der Waals surface area contributed by atoms with Gasteiger partial charge in [0.1, 0.15) is 11.5 Å². The number of carbonyl (C=O) groups is 2. The summed E-state index contributed by atoms with van der Waals surface area (Å²) in [7, 11) is 1.54. The maximum atomic E-state index is 12.6. The molecular weight excluding hydrogens is 344 g/mol. The van der Waals surface area contributed by atoms with Crippen molar-refractivity contribution in [3.63, 3.8) is 0 Å². The molecule has 6 heteroatoms. The summed E-state index contributed by atoms with van der Waals surface area (Å²) in [5.41, 5.74) is 2.03. The Hall–Kier alpha value is -3.02. The number of amides is 2. The van der Waals surface area contributed by atoms with E-state index in [4.69, 9.17) is 9.47 Å². The van der Waals surface area contributed by atoms with E-state index in [1.807, 2.05) is 23.1 Å². The zero-order chi connectivity index (χ0) is 19.0. The predicted octanol–water partition coefficient (Wildman–Crippen LogP) is 3.22. The molecule has 1 N–H and O–H groups in total. The van der Waals surface area contributed by atoms with Gasteiger partial charge in [0.05, 0.1) is 12.7 Å². The average Bonchev–Trinajstić information content (AvgIpc) is 3.52. The van der Waals surface area contributed by atoms with Crippen LogP contribution < -0.4 is 14.8 Å². The van der Waals surface area contributed by atoms with Gasteiger partial charge in [-0.1, -0.05) is 12.1 Å². The van der Waals surface area contributed by atoms with Gasteiger partial charge in [0.15, 0.2) is 6.10 Å². The van der Waals surface area contributed by atoms with Crippen molar-refractivity contribution < 1.29 is 19.1 Å². The maximum absolute atomic E-state index is 12.6. The summed E-state index contributed by atoms with van der Waals surface area (Å²) in [5.74, 6) is 0.987. The highest BCUT2D eigenvalue weighted by Crippen LogP contribution is 2.35. The number of nitrogens with one attached hydrogen (secondary N) is 1. The van der Waals surface area contributed by atoms with Crippen LogP contribution in [0.1, 0.15) is 35.7 Å². The molecule has 2 aromatic rings. The van der Waals surface area contributed by atoms with Gasteiger partial charge in [-0.2, -0.15) is 0 Å². The first-order valence-corrected chi connectivity index (χ1v) is 9.11. The van der Waals surface area contributed by atoms with E-state index in [-0.39, 0.29) is 11.8 Å². The van der Waals surface area contributed by atoms with Crippen molar-refractivity contribution in [1.82, 2.24) is 4.90 Å². The molecule has 1 atom stereocenters. The van der Waals surface area contributed by atoms with Gasteiger partial charge in [0.2, 0.25) is 0 Å². The molecule has 1 fully saturated rings. The van der Waals surface area contributed by atoms with Crippen LogP contribution in [0, 0.1) is 0 Å². The van der Waals surface area contributed by atoms with Gasteiger partial charge in [-0.3, -0.25) is 9.59 Å². The van der Waals surface area contributed by atoms with Crippen molar-refractivity contribution in [3.05, 3.63) is 53.6 Å². The summed E-state index contributed by atoms with van der Waals surface area (Å²) in [6.07, 6.45) is 1.58. The zero-order valence-corrected chi connectivity index (χ0v) is 15.4. The topological polar surface area (TPSA) is 67.9 Å². The number of carbonyl (C=O) groups excluding carboxylic acids is 2. The zero-order valence-electron chi connectivity index (χ0n) is 15.4. The minimum absolute atomic E-state index is 0.0216. The first kappa shape index (κ1) is 17.4. The molecule has 1 aliphatic carbocycles. The smallest absolute Gasteiger partial charge is 0.263 e. The third-order valence-electron chi connectivity index (χ3n) is 4.93. The van der Waals surface area contributed by atoms with Crippen molar-refractivity contribution in [3.8, 4) is 11.5 Å². The van der Waals surface area contributed by atoms with Crippen LogP contribution in [0.15, 0.2) is 42.5 Å². The van der Waals surface area contributed by atoms with Gasteiger partial charge < -0.3 is 19.7 Å². The molecule has 0 bridgehead atoms. The highest BCUT2D eigenvalue weighted by atomic mass is 16.5. The molecule has 2 amide bonds. The summed E-state index contributed by atoms with van der Waals surface area (Å²) in [4.78, 5) is 27.1. The number of benzene rings is 2. The molecular formula is C21H22N2O4. The van der Waals surface area contributed by atoms with Crippen LogP contribution in [0.5, 0.6) is 11.5 Å². The van der Waals surface area contributed by atoms with Crippen LogP contribution in [0.4, 0.5) is 5.69 Å². The second-order valence-electron chi connectivity index (χ2n) is 6.93.